The van der Waals surface area contributed by atoms with E-state index in [4.69, 9.17) is 10.00 Å². The van der Waals surface area contributed by atoms with Crippen molar-refractivity contribution in [3.05, 3.63) is 42.0 Å². The second kappa shape index (κ2) is 5.82. The average Bonchev–Trinajstić information content (AvgIpc) is 2.86. The van der Waals surface area contributed by atoms with Gasteiger partial charge in [-0.1, -0.05) is 12.1 Å². The van der Waals surface area contributed by atoms with Gasteiger partial charge in [-0.3, -0.25) is 0 Å². The van der Waals surface area contributed by atoms with Gasteiger partial charge in [-0.05, 0) is 24.6 Å². The van der Waals surface area contributed by atoms with Gasteiger partial charge >= 0.3 is 0 Å². The molecule has 5 heteroatoms. The Hall–Kier alpha value is -2.35. The van der Waals surface area contributed by atoms with E-state index in [0.717, 1.165) is 23.7 Å². The number of benzene rings is 1. The lowest BCUT2D eigenvalue weighted by Gasteiger charge is -2.06. The van der Waals surface area contributed by atoms with Gasteiger partial charge in [0, 0.05) is 6.54 Å². The maximum atomic E-state index is 8.58. The molecule has 0 atom stereocenters. The third-order valence-electron chi connectivity index (χ3n) is 2.57. The zero-order valence-electron chi connectivity index (χ0n) is 10.2. The molecule has 0 saturated heterocycles. The van der Waals surface area contributed by atoms with Gasteiger partial charge in [0.05, 0.1) is 12.5 Å². The molecule has 0 radical (unpaired) electrons. The van der Waals surface area contributed by atoms with Crippen LogP contribution in [0.15, 0.2) is 30.6 Å². The summed E-state index contributed by atoms with van der Waals surface area (Å²) in [5, 5.41) is 12.7. The maximum Gasteiger partial charge on any atom is 0.164 e. The lowest BCUT2D eigenvalue weighted by atomic mass is 10.2. The molecule has 0 spiro atoms. The largest absolute Gasteiger partial charge is 0.486 e. The van der Waals surface area contributed by atoms with E-state index in [1.807, 2.05) is 31.2 Å². The Bertz CT molecular complexity index is 539. The fourth-order valence-corrected chi connectivity index (χ4v) is 1.61. The molecule has 5 nitrogen and oxygen atoms in total. The van der Waals surface area contributed by atoms with Crippen LogP contribution in [0.3, 0.4) is 0 Å². The first kappa shape index (κ1) is 12.1. The van der Waals surface area contributed by atoms with E-state index >= 15 is 0 Å². The molecule has 1 aromatic carbocycles. The standard InChI is InChI=1S/C13H14N4O/c1-2-17-13(15-10-16-17)9-18-12-5-3-11(4-6-12)7-8-14/h3-6,10H,2,7,9H2,1H3. The first-order valence-corrected chi connectivity index (χ1v) is 5.79. The number of nitrogens with zero attached hydrogens (tertiary/aromatic N) is 4. The van der Waals surface area contributed by atoms with Crippen LogP contribution >= 0.6 is 0 Å². The summed E-state index contributed by atoms with van der Waals surface area (Å²) in [7, 11) is 0. The van der Waals surface area contributed by atoms with Crippen molar-refractivity contribution in [3.8, 4) is 11.8 Å². The van der Waals surface area contributed by atoms with Crippen molar-refractivity contribution in [2.45, 2.75) is 26.5 Å². The molecule has 0 unspecified atom stereocenters. The van der Waals surface area contributed by atoms with Crippen molar-refractivity contribution in [3.63, 3.8) is 0 Å². The average molecular weight is 242 g/mol. The maximum absolute atomic E-state index is 8.58. The molecule has 0 N–H and O–H groups in total. The van der Waals surface area contributed by atoms with Gasteiger partial charge in [0.1, 0.15) is 18.7 Å². The molecule has 0 amide bonds. The van der Waals surface area contributed by atoms with Crippen LogP contribution in [0.1, 0.15) is 18.3 Å². The molecule has 0 aliphatic carbocycles. The van der Waals surface area contributed by atoms with Gasteiger partial charge in [-0.2, -0.15) is 10.4 Å². The molecule has 2 aromatic rings. The quantitative estimate of drug-likeness (QED) is 0.803. The first-order chi connectivity index (χ1) is 8.83. The minimum Gasteiger partial charge on any atom is -0.486 e. The van der Waals surface area contributed by atoms with Crippen LogP contribution in [0.5, 0.6) is 5.75 Å². The Morgan fingerprint density at radius 2 is 2.11 bits per heavy atom. The normalized spacial score (nSPS) is 10.0. The lowest BCUT2D eigenvalue weighted by Crippen LogP contribution is -2.07. The van der Waals surface area contributed by atoms with Gasteiger partial charge in [0.25, 0.3) is 0 Å². The van der Waals surface area contributed by atoms with Crippen LogP contribution in [-0.2, 0) is 19.6 Å². The summed E-state index contributed by atoms with van der Waals surface area (Å²) in [6, 6.07) is 9.62. The van der Waals surface area contributed by atoms with Crippen LogP contribution < -0.4 is 4.74 Å². The second-order valence-electron chi connectivity index (χ2n) is 3.76. The zero-order chi connectivity index (χ0) is 12.8. The number of aromatic nitrogens is 3. The number of ether oxygens (including phenoxy) is 1. The SMILES string of the molecule is CCn1ncnc1COc1ccc(CC#N)cc1. The van der Waals surface area contributed by atoms with Crippen LogP contribution in [0.2, 0.25) is 0 Å². The topological polar surface area (TPSA) is 63.7 Å². The minimum absolute atomic E-state index is 0.394. The second-order valence-corrected chi connectivity index (χ2v) is 3.76. The van der Waals surface area contributed by atoms with E-state index in [-0.39, 0.29) is 0 Å². The Kier molecular flexibility index (Phi) is 3.92. The molecule has 0 bridgehead atoms. The molecule has 1 aromatic heterocycles. The summed E-state index contributed by atoms with van der Waals surface area (Å²) in [4.78, 5) is 4.13. The molecular formula is C13H14N4O. The number of aryl methyl sites for hydroxylation is 1. The lowest BCUT2D eigenvalue weighted by molar-refractivity contribution is 0.287. The summed E-state index contributed by atoms with van der Waals surface area (Å²) >= 11 is 0. The van der Waals surface area contributed by atoms with Gasteiger partial charge in [-0.15, -0.1) is 0 Å². The molecule has 2 rings (SSSR count). The number of hydrogen-bond donors (Lipinski definition) is 0. The first-order valence-electron chi connectivity index (χ1n) is 5.79. The molecule has 0 saturated carbocycles. The number of rotatable bonds is 5. The van der Waals surface area contributed by atoms with E-state index in [1.54, 1.807) is 4.68 Å². The van der Waals surface area contributed by atoms with Crippen molar-refractivity contribution >= 4 is 0 Å². The Labute approximate surface area is 106 Å². The van der Waals surface area contributed by atoms with Gasteiger partial charge in [0.15, 0.2) is 5.82 Å². The van der Waals surface area contributed by atoms with Gasteiger partial charge in [-0.25, -0.2) is 9.67 Å². The van der Waals surface area contributed by atoms with Crippen molar-refractivity contribution in [2.75, 3.05) is 0 Å². The fraction of sp³-hybridized carbons (Fsp3) is 0.308. The van der Waals surface area contributed by atoms with Crippen LogP contribution in [0.25, 0.3) is 0 Å². The van der Waals surface area contributed by atoms with Crippen molar-refractivity contribution in [1.29, 1.82) is 5.26 Å². The zero-order valence-corrected chi connectivity index (χ0v) is 10.2. The third kappa shape index (κ3) is 2.86. The van der Waals surface area contributed by atoms with Crippen LogP contribution in [-0.4, -0.2) is 14.8 Å². The number of hydrogen-bond acceptors (Lipinski definition) is 4. The van der Waals surface area contributed by atoms with E-state index in [0.29, 0.717) is 13.0 Å². The van der Waals surface area contributed by atoms with E-state index in [9.17, 15) is 0 Å². The highest BCUT2D eigenvalue weighted by Gasteiger charge is 2.03. The fourth-order valence-electron chi connectivity index (χ4n) is 1.61. The summed E-state index contributed by atoms with van der Waals surface area (Å²) in [6.45, 7) is 3.18. The molecule has 0 aliphatic rings. The monoisotopic (exact) mass is 242 g/mol. The minimum atomic E-state index is 0.394. The predicted octanol–water partition coefficient (Wildman–Crippen LogP) is 1.94. The van der Waals surface area contributed by atoms with Gasteiger partial charge < -0.3 is 4.74 Å². The Morgan fingerprint density at radius 1 is 1.33 bits per heavy atom. The highest BCUT2D eigenvalue weighted by molar-refractivity contribution is 5.28. The van der Waals surface area contributed by atoms with Crippen molar-refractivity contribution in [2.24, 2.45) is 0 Å². The summed E-state index contributed by atoms with van der Waals surface area (Å²) in [6.07, 6.45) is 1.95. The highest BCUT2D eigenvalue weighted by atomic mass is 16.5. The number of nitriles is 1. The van der Waals surface area contributed by atoms with Crippen LogP contribution in [0.4, 0.5) is 0 Å². The molecule has 18 heavy (non-hydrogen) atoms. The molecule has 0 fully saturated rings. The molecular weight excluding hydrogens is 228 g/mol. The van der Waals surface area contributed by atoms with E-state index < -0.39 is 0 Å². The van der Waals surface area contributed by atoms with Crippen LogP contribution in [0, 0.1) is 11.3 Å². The smallest absolute Gasteiger partial charge is 0.164 e. The van der Waals surface area contributed by atoms with Gasteiger partial charge in [0.2, 0.25) is 0 Å². The van der Waals surface area contributed by atoms with E-state index in [2.05, 4.69) is 16.2 Å². The highest BCUT2D eigenvalue weighted by Crippen LogP contribution is 2.13. The summed E-state index contributed by atoms with van der Waals surface area (Å²) in [5.74, 6) is 1.57. The predicted molar refractivity (Wildman–Crippen MR) is 65.8 cm³/mol. The van der Waals surface area contributed by atoms with Crippen molar-refractivity contribution in [1.82, 2.24) is 14.8 Å². The third-order valence-corrected chi connectivity index (χ3v) is 2.57. The molecule has 0 aliphatic heterocycles. The Balaban J connectivity index is 1.96. The van der Waals surface area contributed by atoms with E-state index in [1.165, 1.54) is 6.33 Å². The van der Waals surface area contributed by atoms with Crippen molar-refractivity contribution < 1.29 is 4.74 Å². The molecule has 92 valence electrons. The Morgan fingerprint density at radius 3 is 2.78 bits per heavy atom. The summed E-state index contributed by atoms with van der Waals surface area (Å²) < 4.78 is 7.42. The molecule has 1 heterocycles. The summed E-state index contributed by atoms with van der Waals surface area (Å²) in [5.41, 5.74) is 0.988.